The van der Waals surface area contributed by atoms with Crippen LogP contribution in [0, 0.1) is 10.1 Å². The molecule has 1 unspecified atom stereocenters. The van der Waals surface area contributed by atoms with Crippen molar-refractivity contribution in [1.29, 1.82) is 0 Å². The maximum atomic E-state index is 12.3. The Balaban J connectivity index is 2.03. The normalized spacial score (nSPS) is 18.3. The second-order valence-corrected chi connectivity index (χ2v) is 4.74. The van der Waals surface area contributed by atoms with E-state index in [1.165, 1.54) is 10.9 Å². The molecule has 1 amide bonds. The maximum absolute atomic E-state index is 12.3. The molecule has 0 spiro atoms. The second-order valence-electron chi connectivity index (χ2n) is 4.74. The summed E-state index contributed by atoms with van der Waals surface area (Å²) >= 11 is 0. The van der Waals surface area contributed by atoms with E-state index in [0.717, 1.165) is 19.3 Å². The average Bonchev–Trinajstić information content (AvgIpc) is 2.87. The predicted molar refractivity (Wildman–Crippen MR) is 67.7 cm³/mol. The van der Waals surface area contributed by atoms with Crippen molar-refractivity contribution in [2.75, 3.05) is 33.2 Å². The van der Waals surface area contributed by atoms with Crippen molar-refractivity contribution in [2.24, 2.45) is 0 Å². The van der Waals surface area contributed by atoms with Gasteiger partial charge in [-0.05, 0) is 14.0 Å². The summed E-state index contributed by atoms with van der Waals surface area (Å²) in [7, 11) is 2.02. The van der Waals surface area contributed by atoms with Gasteiger partial charge in [0, 0.05) is 26.2 Å². The highest BCUT2D eigenvalue weighted by Crippen LogP contribution is 2.15. The van der Waals surface area contributed by atoms with Gasteiger partial charge in [-0.3, -0.25) is 19.6 Å². The molecule has 2 heterocycles. The molecule has 0 N–H and O–H groups in total. The highest BCUT2D eigenvalue weighted by atomic mass is 16.6. The Labute approximate surface area is 110 Å². The van der Waals surface area contributed by atoms with Gasteiger partial charge in [-0.15, -0.1) is 0 Å². The quantitative estimate of drug-likeness (QED) is 0.574. The lowest BCUT2D eigenvalue weighted by Crippen LogP contribution is -2.49. The van der Waals surface area contributed by atoms with Crippen LogP contribution in [0.4, 0.5) is 5.69 Å². The molecule has 1 aliphatic heterocycles. The third-order valence-electron chi connectivity index (χ3n) is 3.37. The zero-order valence-electron chi connectivity index (χ0n) is 11.0. The Morgan fingerprint density at radius 2 is 2.05 bits per heavy atom. The van der Waals surface area contributed by atoms with Crippen LogP contribution in [-0.2, 0) is 4.79 Å². The topological polar surface area (TPSA) is 84.5 Å². The molecular weight excluding hydrogens is 250 g/mol. The number of amides is 1. The lowest BCUT2D eigenvalue weighted by molar-refractivity contribution is -0.385. The summed E-state index contributed by atoms with van der Waals surface area (Å²) in [5.74, 6) is -0.0499. The molecule has 0 saturated carbocycles. The van der Waals surface area contributed by atoms with Gasteiger partial charge in [-0.1, -0.05) is 0 Å². The molecule has 0 aromatic carbocycles. The molecule has 0 aliphatic carbocycles. The molecule has 19 heavy (non-hydrogen) atoms. The van der Waals surface area contributed by atoms with Crippen LogP contribution >= 0.6 is 0 Å². The summed E-state index contributed by atoms with van der Waals surface area (Å²) in [5.41, 5.74) is -0.0990. The summed E-state index contributed by atoms with van der Waals surface area (Å²) < 4.78 is 1.35. The number of nitrogens with zero attached hydrogens (tertiary/aromatic N) is 5. The maximum Gasteiger partial charge on any atom is 0.307 e. The lowest BCUT2D eigenvalue weighted by Gasteiger charge is -2.33. The van der Waals surface area contributed by atoms with Crippen LogP contribution in [0.25, 0.3) is 0 Å². The summed E-state index contributed by atoms with van der Waals surface area (Å²) in [6.07, 6.45) is 2.45. The molecule has 1 atom stereocenters. The zero-order valence-corrected chi connectivity index (χ0v) is 11.0. The van der Waals surface area contributed by atoms with E-state index in [2.05, 4.69) is 10.00 Å². The zero-order chi connectivity index (χ0) is 14.0. The third-order valence-corrected chi connectivity index (χ3v) is 3.37. The van der Waals surface area contributed by atoms with E-state index in [-0.39, 0.29) is 11.6 Å². The van der Waals surface area contributed by atoms with Crippen LogP contribution in [0.15, 0.2) is 12.4 Å². The van der Waals surface area contributed by atoms with E-state index in [9.17, 15) is 14.9 Å². The van der Waals surface area contributed by atoms with E-state index in [4.69, 9.17) is 0 Å². The fourth-order valence-corrected chi connectivity index (χ4v) is 2.04. The summed E-state index contributed by atoms with van der Waals surface area (Å²) in [6.45, 7) is 4.76. The molecule has 1 aromatic heterocycles. The number of hydrogen-bond donors (Lipinski definition) is 0. The molecule has 104 valence electrons. The minimum absolute atomic E-state index is 0.0499. The summed E-state index contributed by atoms with van der Waals surface area (Å²) in [4.78, 5) is 26.3. The summed E-state index contributed by atoms with van der Waals surface area (Å²) in [5, 5.41) is 14.5. The molecule has 0 bridgehead atoms. The van der Waals surface area contributed by atoms with Crippen LogP contribution in [0.2, 0.25) is 0 Å². The van der Waals surface area contributed by atoms with Crippen molar-refractivity contribution in [3.8, 4) is 0 Å². The van der Waals surface area contributed by atoms with Gasteiger partial charge in [0.1, 0.15) is 18.4 Å². The van der Waals surface area contributed by atoms with E-state index in [1.807, 2.05) is 7.05 Å². The number of hydrogen-bond acceptors (Lipinski definition) is 5. The fourth-order valence-electron chi connectivity index (χ4n) is 2.04. The first kappa shape index (κ1) is 13.5. The van der Waals surface area contributed by atoms with Gasteiger partial charge >= 0.3 is 5.69 Å². The number of rotatable bonds is 3. The molecule has 8 nitrogen and oxygen atoms in total. The molecule has 8 heteroatoms. The monoisotopic (exact) mass is 267 g/mol. The first-order chi connectivity index (χ1) is 8.99. The van der Waals surface area contributed by atoms with E-state index in [0.29, 0.717) is 13.1 Å². The van der Waals surface area contributed by atoms with E-state index < -0.39 is 11.0 Å². The molecule has 1 aromatic rings. The molecule has 1 fully saturated rings. The van der Waals surface area contributed by atoms with Gasteiger partial charge in [0.05, 0.1) is 4.92 Å². The van der Waals surface area contributed by atoms with Gasteiger partial charge in [-0.2, -0.15) is 5.10 Å². The molecule has 0 radical (unpaired) electrons. The SMILES string of the molecule is CC(C(=O)N1CCN(C)CC1)n1cc([N+](=O)[O-])cn1. The number of aromatic nitrogens is 2. The number of likely N-dealkylation sites (N-methyl/N-ethyl adjacent to an activating group) is 1. The number of piperazine rings is 1. The molecule has 2 rings (SSSR count). The first-order valence-electron chi connectivity index (χ1n) is 6.15. The third kappa shape index (κ3) is 2.90. The Morgan fingerprint density at radius 3 is 2.58 bits per heavy atom. The van der Waals surface area contributed by atoms with E-state index >= 15 is 0 Å². The fraction of sp³-hybridized carbons (Fsp3) is 0.636. The van der Waals surface area contributed by atoms with Crippen LogP contribution in [0.5, 0.6) is 0 Å². The Kier molecular flexibility index (Phi) is 3.79. The van der Waals surface area contributed by atoms with Crippen LogP contribution in [-0.4, -0.2) is 63.6 Å². The van der Waals surface area contributed by atoms with E-state index in [1.54, 1.807) is 11.8 Å². The Hall–Kier alpha value is -1.96. The number of nitro groups is 1. The summed E-state index contributed by atoms with van der Waals surface area (Å²) in [6, 6.07) is -0.517. The van der Waals surface area contributed by atoms with Gasteiger partial charge < -0.3 is 9.80 Å². The van der Waals surface area contributed by atoms with Crippen molar-refractivity contribution in [3.63, 3.8) is 0 Å². The van der Waals surface area contributed by atoms with Gasteiger partial charge in [-0.25, -0.2) is 0 Å². The Morgan fingerprint density at radius 1 is 1.42 bits per heavy atom. The highest BCUT2D eigenvalue weighted by molar-refractivity contribution is 5.80. The van der Waals surface area contributed by atoms with Crippen molar-refractivity contribution in [2.45, 2.75) is 13.0 Å². The highest BCUT2D eigenvalue weighted by Gasteiger charge is 2.26. The largest absolute Gasteiger partial charge is 0.338 e. The van der Waals surface area contributed by atoms with Gasteiger partial charge in [0.15, 0.2) is 0 Å². The van der Waals surface area contributed by atoms with Crippen LogP contribution in [0.1, 0.15) is 13.0 Å². The molecule has 1 aliphatic rings. The van der Waals surface area contributed by atoms with Crippen molar-refractivity contribution < 1.29 is 9.72 Å². The van der Waals surface area contributed by atoms with Gasteiger partial charge in [0.25, 0.3) is 0 Å². The standard InChI is InChI=1S/C11H17N5O3/c1-9(15-8-10(7-12-15)16(18)19)11(17)14-5-3-13(2)4-6-14/h7-9H,3-6H2,1-2H3. The lowest BCUT2D eigenvalue weighted by atomic mass is 10.2. The number of carbonyl (C=O) groups excluding carboxylic acids is 1. The minimum Gasteiger partial charge on any atom is -0.338 e. The van der Waals surface area contributed by atoms with Crippen LogP contribution in [0.3, 0.4) is 0 Å². The predicted octanol–water partition coefficient (Wildman–Crippen LogP) is 0.126. The number of carbonyl (C=O) groups is 1. The van der Waals surface area contributed by atoms with Crippen molar-refractivity contribution in [3.05, 3.63) is 22.5 Å². The average molecular weight is 267 g/mol. The van der Waals surface area contributed by atoms with Crippen molar-refractivity contribution in [1.82, 2.24) is 19.6 Å². The minimum atomic E-state index is -0.517. The Bertz CT molecular complexity index is 478. The first-order valence-corrected chi connectivity index (χ1v) is 6.15. The van der Waals surface area contributed by atoms with Crippen LogP contribution < -0.4 is 0 Å². The molecule has 1 saturated heterocycles. The van der Waals surface area contributed by atoms with Crippen molar-refractivity contribution >= 4 is 11.6 Å². The molecular formula is C11H17N5O3. The second kappa shape index (κ2) is 5.35. The van der Waals surface area contributed by atoms with Gasteiger partial charge in [0.2, 0.25) is 5.91 Å². The smallest absolute Gasteiger partial charge is 0.307 e.